The predicted octanol–water partition coefficient (Wildman–Crippen LogP) is 4.99. The van der Waals surface area contributed by atoms with Gasteiger partial charge in [0.05, 0.1) is 23.7 Å². The highest BCUT2D eigenvalue weighted by Crippen LogP contribution is 2.34. The lowest BCUT2D eigenvalue weighted by Crippen LogP contribution is -2.53. The fraction of sp³-hybridized carbons (Fsp3) is 0.212. The minimum absolute atomic E-state index is 0.0669. The van der Waals surface area contributed by atoms with Crippen LogP contribution >= 0.6 is 11.6 Å². The summed E-state index contributed by atoms with van der Waals surface area (Å²) in [6.45, 7) is 1.67. The monoisotopic (exact) mass is 617 g/mol. The summed E-state index contributed by atoms with van der Waals surface area (Å²) in [5.41, 5.74) is 3.10. The molecule has 0 bridgehead atoms. The number of fused-ring (bicyclic) bond motifs is 1. The molecule has 0 aliphatic carbocycles. The molecule has 1 aliphatic heterocycles. The van der Waals surface area contributed by atoms with Gasteiger partial charge in [-0.2, -0.15) is 4.31 Å². The second kappa shape index (κ2) is 13.4. The summed E-state index contributed by atoms with van der Waals surface area (Å²) >= 11 is 6.18. The van der Waals surface area contributed by atoms with E-state index >= 15 is 0 Å². The summed E-state index contributed by atoms with van der Waals surface area (Å²) < 4.78 is 34.8. The van der Waals surface area contributed by atoms with Crippen molar-refractivity contribution in [3.05, 3.63) is 125 Å². The molecule has 4 aromatic carbocycles. The van der Waals surface area contributed by atoms with Crippen molar-refractivity contribution in [3.63, 3.8) is 0 Å². The molecule has 1 N–H and O–H groups in total. The maximum Gasteiger partial charge on any atom is 0.262 e. The first-order valence-corrected chi connectivity index (χ1v) is 15.7. The van der Waals surface area contributed by atoms with Gasteiger partial charge in [-0.15, -0.1) is 0 Å². The third-order valence-electron chi connectivity index (χ3n) is 7.14. The van der Waals surface area contributed by atoms with E-state index in [2.05, 4.69) is 5.32 Å². The van der Waals surface area contributed by atoms with Crippen molar-refractivity contribution < 1.29 is 22.7 Å². The van der Waals surface area contributed by atoms with Gasteiger partial charge >= 0.3 is 0 Å². The van der Waals surface area contributed by atoms with Gasteiger partial charge in [0.1, 0.15) is 5.75 Å². The molecule has 0 aromatic heterocycles. The summed E-state index contributed by atoms with van der Waals surface area (Å²) in [6.07, 6.45) is -0.321. The third kappa shape index (κ3) is 7.43. The van der Waals surface area contributed by atoms with Crippen molar-refractivity contribution in [2.24, 2.45) is 0 Å². The standard InChI is InChI=1S/C33H32ClN3O5S/c1-24-14-16-28(17-15-24)43(40,41)36(21-26-10-7-11-27(34)20-26)23-32(38)37-22-31(42-30-13-6-5-12-29(30)37)33(39)35-19-18-25-8-3-2-4-9-25/h2-17,20,31H,18-19,21-23H2,1H3,(H,35,39)/t31-/m1/s1. The van der Waals surface area contributed by atoms with E-state index in [-0.39, 0.29) is 23.9 Å². The Morgan fingerprint density at radius 3 is 2.37 bits per heavy atom. The van der Waals surface area contributed by atoms with Crippen molar-refractivity contribution in [1.82, 2.24) is 9.62 Å². The maximum atomic E-state index is 13.9. The lowest BCUT2D eigenvalue weighted by atomic mass is 10.1. The average Bonchev–Trinajstić information content (AvgIpc) is 3.01. The van der Waals surface area contributed by atoms with Gasteiger partial charge < -0.3 is 15.0 Å². The van der Waals surface area contributed by atoms with E-state index in [1.165, 1.54) is 17.0 Å². The van der Waals surface area contributed by atoms with Crippen molar-refractivity contribution >= 4 is 39.1 Å². The second-order valence-corrected chi connectivity index (χ2v) is 12.7. The molecule has 2 amide bonds. The topological polar surface area (TPSA) is 96.0 Å². The minimum Gasteiger partial charge on any atom is -0.477 e. The first-order valence-electron chi connectivity index (χ1n) is 13.9. The van der Waals surface area contributed by atoms with Crippen LogP contribution in [0.25, 0.3) is 0 Å². The minimum atomic E-state index is -4.08. The van der Waals surface area contributed by atoms with Crippen LogP contribution in [0.2, 0.25) is 5.02 Å². The summed E-state index contributed by atoms with van der Waals surface area (Å²) in [5.74, 6) is -0.477. The van der Waals surface area contributed by atoms with Gasteiger partial charge in [-0.05, 0) is 60.9 Å². The van der Waals surface area contributed by atoms with E-state index in [0.29, 0.717) is 35.0 Å². The molecule has 0 saturated carbocycles. The van der Waals surface area contributed by atoms with Crippen molar-refractivity contribution in [2.45, 2.75) is 30.9 Å². The van der Waals surface area contributed by atoms with Crippen LogP contribution in [-0.2, 0) is 32.6 Å². The molecule has 43 heavy (non-hydrogen) atoms. The summed E-state index contributed by atoms with van der Waals surface area (Å²) in [5, 5.41) is 3.36. The van der Waals surface area contributed by atoms with E-state index in [4.69, 9.17) is 16.3 Å². The number of anilines is 1. The highest BCUT2D eigenvalue weighted by atomic mass is 35.5. The van der Waals surface area contributed by atoms with Gasteiger partial charge in [0.25, 0.3) is 5.91 Å². The zero-order valence-electron chi connectivity index (χ0n) is 23.6. The van der Waals surface area contributed by atoms with Gasteiger partial charge in [-0.1, -0.05) is 83.9 Å². The number of aryl methyl sites for hydroxylation is 1. The fourth-order valence-corrected chi connectivity index (χ4v) is 6.45. The molecular weight excluding hydrogens is 586 g/mol. The van der Waals surface area contributed by atoms with Crippen LogP contribution in [0.3, 0.4) is 0 Å². The van der Waals surface area contributed by atoms with Gasteiger partial charge in [0.2, 0.25) is 15.9 Å². The molecule has 8 nitrogen and oxygen atoms in total. The largest absolute Gasteiger partial charge is 0.477 e. The Bertz CT molecular complexity index is 1700. The Kier molecular flexibility index (Phi) is 9.45. The Balaban J connectivity index is 1.38. The van der Waals surface area contributed by atoms with E-state index in [0.717, 1.165) is 15.4 Å². The summed E-state index contributed by atoms with van der Waals surface area (Å²) in [6, 6.07) is 30.0. The van der Waals surface area contributed by atoms with E-state index < -0.39 is 28.6 Å². The molecule has 0 fully saturated rings. The average molecular weight is 618 g/mol. The molecule has 222 valence electrons. The number of carbonyl (C=O) groups excluding carboxylic acids is 2. The molecule has 0 radical (unpaired) electrons. The number of nitrogens with zero attached hydrogens (tertiary/aromatic N) is 2. The highest BCUT2D eigenvalue weighted by Gasteiger charge is 2.36. The van der Waals surface area contributed by atoms with Crippen LogP contribution in [0, 0.1) is 6.92 Å². The number of hydrogen-bond donors (Lipinski definition) is 1. The number of halogens is 1. The number of ether oxygens (including phenoxy) is 1. The van der Waals surface area contributed by atoms with Crippen LogP contribution in [0.5, 0.6) is 5.75 Å². The number of sulfonamides is 1. The lowest BCUT2D eigenvalue weighted by molar-refractivity contribution is -0.128. The van der Waals surface area contributed by atoms with Crippen LogP contribution < -0.4 is 15.0 Å². The Morgan fingerprint density at radius 2 is 1.63 bits per heavy atom. The number of carbonyl (C=O) groups is 2. The van der Waals surface area contributed by atoms with Crippen LogP contribution in [0.15, 0.2) is 108 Å². The lowest BCUT2D eigenvalue weighted by Gasteiger charge is -2.35. The number of amides is 2. The van der Waals surface area contributed by atoms with Gasteiger partial charge in [0, 0.05) is 18.1 Å². The summed E-state index contributed by atoms with van der Waals surface area (Å²) in [4.78, 5) is 28.6. The van der Waals surface area contributed by atoms with Crippen molar-refractivity contribution in [3.8, 4) is 5.75 Å². The Hall–Kier alpha value is -4.18. The molecule has 1 aliphatic rings. The normalized spacial score (nSPS) is 14.6. The zero-order chi connectivity index (χ0) is 30.4. The molecule has 4 aromatic rings. The van der Waals surface area contributed by atoms with Crippen molar-refractivity contribution in [1.29, 1.82) is 0 Å². The van der Waals surface area contributed by atoms with Gasteiger partial charge in [0.15, 0.2) is 6.10 Å². The molecule has 10 heteroatoms. The molecule has 1 atom stereocenters. The zero-order valence-corrected chi connectivity index (χ0v) is 25.2. The highest BCUT2D eigenvalue weighted by molar-refractivity contribution is 7.89. The fourth-order valence-electron chi connectivity index (χ4n) is 4.86. The van der Waals surface area contributed by atoms with Crippen LogP contribution in [-0.4, -0.2) is 50.3 Å². The Labute approximate surface area is 256 Å². The quantitative estimate of drug-likeness (QED) is 0.270. The van der Waals surface area contributed by atoms with Crippen LogP contribution in [0.4, 0.5) is 5.69 Å². The number of rotatable bonds is 10. The molecule has 0 unspecified atom stereocenters. The number of para-hydroxylation sites is 2. The molecule has 5 rings (SSSR count). The SMILES string of the molecule is Cc1ccc(S(=O)(=O)N(CC(=O)N2C[C@H](C(=O)NCCc3ccccc3)Oc3ccccc32)Cc2cccc(Cl)c2)cc1. The van der Waals surface area contributed by atoms with Crippen molar-refractivity contribution in [2.75, 3.05) is 24.5 Å². The van der Waals surface area contributed by atoms with Gasteiger partial charge in [-0.25, -0.2) is 8.42 Å². The van der Waals surface area contributed by atoms with Gasteiger partial charge in [-0.3, -0.25) is 9.59 Å². The second-order valence-electron chi connectivity index (χ2n) is 10.3. The van der Waals surface area contributed by atoms with E-state index in [1.807, 2.05) is 37.3 Å². The smallest absolute Gasteiger partial charge is 0.262 e. The molecule has 1 heterocycles. The maximum absolute atomic E-state index is 13.9. The first kappa shape index (κ1) is 30.3. The molecular formula is C33H32ClN3O5S. The van der Waals surface area contributed by atoms with E-state index in [1.54, 1.807) is 60.7 Å². The number of benzene rings is 4. The Morgan fingerprint density at radius 1 is 0.930 bits per heavy atom. The van der Waals surface area contributed by atoms with E-state index in [9.17, 15) is 18.0 Å². The molecule has 0 saturated heterocycles. The first-order chi connectivity index (χ1) is 20.7. The number of hydrogen-bond acceptors (Lipinski definition) is 5. The third-order valence-corrected chi connectivity index (χ3v) is 9.18. The molecule has 0 spiro atoms. The number of nitrogens with one attached hydrogen (secondary N) is 1. The summed E-state index contributed by atoms with van der Waals surface area (Å²) in [7, 11) is -4.08. The van der Waals surface area contributed by atoms with Crippen LogP contribution in [0.1, 0.15) is 16.7 Å². The predicted molar refractivity (Wildman–Crippen MR) is 167 cm³/mol.